The summed E-state index contributed by atoms with van der Waals surface area (Å²) in [6.45, 7) is 5.80. The highest BCUT2D eigenvalue weighted by atomic mass is 19.4. The molecule has 32 heavy (non-hydrogen) atoms. The van der Waals surface area contributed by atoms with E-state index in [4.69, 9.17) is 0 Å². The molecule has 0 saturated heterocycles. The van der Waals surface area contributed by atoms with Crippen LogP contribution in [0.4, 0.5) is 13.2 Å². The number of amides is 1. The van der Waals surface area contributed by atoms with Crippen molar-refractivity contribution in [3.05, 3.63) is 70.3 Å². The summed E-state index contributed by atoms with van der Waals surface area (Å²) in [7, 11) is 1.78. The lowest BCUT2D eigenvalue weighted by molar-refractivity contribution is -0.142. The average molecular weight is 442 g/mol. The van der Waals surface area contributed by atoms with E-state index in [2.05, 4.69) is 20.5 Å². The Labute approximate surface area is 181 Å². The summed E-state index contributed by atoms with van der Waals surface area (Å²) in [5.74, 6) is -0.611. The zero-order valence-corrected chi connectivity index (χ0v) is 17.9. The summed E-state index contributed by atoms with van der Waals surface area (Å²) in [6.07, 6.45) is -4.68. The highest BCUT2D eigenvalue weighted by molar-refractivity contribution is 5.93. The van der Waals surface area contributed by atoms with Gasteiger partial charge in [-0.1, -0.05) is 12.1 Å². The number of aryl methyl sites for hydroxylation is 4. The average Bonchev–Trinajstić information content (AvgIpc) is 3.29. The number of hydrogen-bond acceptors (Lipinski definition) is 4. The number of nitrogens with one attached hydrogen (secondary N) is 1. The number of carbonyl (C=O) groups is 1. The lowest BCUT2D eigenvalue weighted by atomic mass is 10.0. The molecule has 0 bridgehead atoms. The van der Waals surface area contributed by atoms with E-state index in [1.165, 1.54) is 6.07 Å². The van der Waals surface area contributed by atoms with E-state index in [0.29, 0.717) is 15.8 Å². The zero-order chi connectivity index (χ0) is 23.2. The van der Waals surface area contributed by atoms with Gasteiger partial charge in [0.25, 0.3) is 5.91 Å². The second-order valence-electron chi connectivity index (χ2n) is 7.71. The Balaban J connectivity index is 1.71. The molecule has 1 N–H and O–H groups in total. The molecule has 0 aliphatic heterocycles. The topological polar surface area (TPSA) is 77.1 Å². The van der Waals surface area contributed by atoms with Gasteiger partial charge < -0.3 is 5.32 Å². The van der Waals surface area contributed by atoms with Crippen LogP contribution in [0.2, 0.25) is 0 Å². The maximum absolute atomic E-state index is 13.8. The van der Waals surface area contributed by atoms with Crippen LogP contribution in [0, 0.1) is 20.8 Å². The van der Waals surface area contributed by atoms with Gasteiger partial charge in [-0.3, -0.25) is 9.48 Å². The lowest BCUT2D eigenvalue weighted by Crippen LogP contribution is -2.23. The van der Waals surface area contributed by atoms with Crippen molar-refractivity contribution in [3.63, 3.8) is 0 Å². The zero-order valence-electron chi connectivity index (χ0n) is 17.9. The van der Waals surface area contributed by atoms with Crippen molar-refractivity contribution in [1.82, 2.24) is 29.7 Å². The summed E-state index contributed by atoms with van der Waals surface area (Å²) in [5.41, 5.74) is 3.00. The molecule has 0 atom stereocenters. The Morgan fingerprint density at radius 2 is 1.78 bits per heavy atom. The minimum Gasteiger partial charge on any atom is -0.345 e. The van der Waals surface area contributed by atoms with E-state index in [1.54, 1.807) is 23.9 Å². The van der Waals surface area contributed by atoms with Crippen LogP contribution in [-0.4, -0.2) is 30.3 Å². The molecule has 0 radical (unpaired) electrons. The quantitative estimate of drug-likeness (QED) is 0.518. The van der Waals surface area contributed by atoms with Crippen LogP contribution in [0.5, 0.6) is 0 Å². The number of carbonyl (C=O) groups excluding carboxylic acids is 1. The highest BCUT2D eigenvalue weighted by Crippen LogP contribution is 2.32. The molecule has 166 valence electrons. The van der Waals surface area contributed by atoms with E-state index in [9.17, 15) is 18.0 Å². The summed E-state index contributed by atoms with van der Waals surface area (Å²) in [6, 6.07) is 9.34. The number of benzene rings is 1. The monoisotopic (exact) mass is 442 g/mol. The fraction of sp³-hybridized carbons (Fsp3) is 0.273. The van der Waals surface area contributed by atoms with Crippen molar-refractivity contribution in [3.8, 4) is 11.3 Å². The van der Waals surface area contributed by atoms with E-state index in [1.807, 2.05) is 32.9 Å². The normalized spacial score (nSPS) is 11.8. The lowest BCUT2D eigenvalue weighted by Gasteiger charge is -2.11. The van der Waals surface area contributed by atoms with Gasteiger partial charge in [-0.05, 0) is 50.1 Å². The van der Waals surface area contributed by atoms with Gasteiger partial charge in [-0.2, -0.15) is 23.4 Å². The molecule has 3 heterocycles. The molecule has 0 aliphatic carbocycles. The maximum atomic E-state index is 13.8. The highest BCUT2D eigenvalue weighted by Gasteiger charge is 2.35. The van der Waals surface area contributed by atoms with E-state index >= 15 is 0 Å². The smallest absolute Gasteiger partial charge is 0.345 e. The summed E-state index contributed by atoms with van der Waals surface area (Å²) < 4.78 is 43.7. The van der Waals surface area contributed by atoms with Crippen LogP contribution < -0.4 is 5.32 Å². The van der Waals surface area contributed by atoms with Crippen LogP contribution in [0.15, 0.2) is 36.4 Å². The third kappa shape index (κ3) is 4.08. The standard InChI is InChI=1S/C22H21F3N6O/c1-12-5-6-15(7-13(12)2)17-9-19(22(23,24)25)31-20(27-17)10-18(29-31)21(32)26-11-16-8-14(3)30(4)28-16/h5-10H,11H2,1-4H3,(H,26,32). The Kier molecular flexibility index (Phi) is 5.23. The molecule has 3 aromatic heterocycles. The van der Waals surface area contributed by atoms with Crippen molar-refractivity contribution in [2.75, 3.05) is 0 Å². The molecular weight excluding hydrogens is 421 g/mol. The molecule has 1 amide bonds. The third-order valence-corrected chi connectivity index (χ3v) is 5.35. The first-order valence-corrected chi connectivity index (χ1v) is 9.86. The van der Waals surface area contributed by atoms with Crippen LogP contribution in [0.1, 0.15) is 38.7 Å². The van der Waals surface area contributed by atoms with E-state index in [-0.39, 0.29) is 23.6 Å². The predicted molar refractivity (Wildman–Crippen MR) is 112 cm³/mol. The molecule has 4 aromatic rings. The molecular formula is C22H21F3N6O. The molecule has 1 aromatic carbocycles. The molecule has 0 spiro atoms. The van der Waals surface area contributed by atoms with Crippen molar-refractivity contribution < 1.29 is 18.0 Å². The van der Waals surface area contributed by atoms with Gasteiger partial charge in [0.2, 0.25) is 0 Å². The van der Waals surface area contributed by atoms with Crippen molar-refractivity contribution in [2.45, 2.75) is 33.5 Å². The van der Waals surface area contributed by atoms with Gasteiger partial charge in [0.15, 0.2) is 17.0 Å². The van der Waals surface area contributed by atoms with Crippen LogP contribution in [0.25, 0.3) is 16.9 Å². The molecule has 0 unspecified atom stereocenters. The Hall–Kier alpha value is -3.69. The number of aromatic nitrogens is 5. The Bertz CT molecular complexity index is 1320. The fourth-order valence-electron chi connectivity index (χ4n) is 3.32. The first-order chi connectivity index (χ1) is 15.0. The third-order valence-electron chi connectivity index (χ3n) is 5.35. The van der Waals surface area contributed by atoms with Gasteiger partial charge in [0, 0.05) is 24.4 Å². The predicted octanol–water partition coefficient (Wildman–Crippen LogP) is 4.00. The fourth-order valence-corrected chi connectivity index (χ4v) is 3.32. The molecule has 10 heteroatoms. The van der Waals surface area contributed by atoms with Gasteiger partial charge in [-0.15, -0.1) is 0 Å². The molecule has 4 rings (SSSR count). The van der Waals surface area contributed by atoms with Gasteiger partial charge in [0.1, 0.15) is 0 Å². The van der Waals surface area contributed by atoms with Gasteiger partial charge >= 0.3 is 6.18 Å². The van der Waals surface area contributed by atoms with E-state index < -0.39 is 17.8 Å². The minimum atomic E-state index is -4.68. The number of halogens is 3. The SMILES string of the molecule is Cc1ccc(-c2cc(C(F)(F)F)n3nc(C(=O)NCc4cc(C)n(C)n4)cc3n2)cc1C. The number of fused-ring (bicyclic) bond motifs is 1. The number of hydrogen-bond donors (Lipinski definition) is 1. The van der Waals surface area contributed by atoms with Crippen LogP contribution in [-0.2, 0) is 19.8 Å². The van der Waals surface area contributed by atoms with Crippen molar-refractivity contribution in [2.24, 2.45) is 7.05 Å². The first-order valence-electron chi connectivity index (χ1n) is 9.86. The van der Waals surface area contributed by atoms with Gasteiger partial charge in [0.05, 0.1) is 17.9 Å². The molecule has 7 nitrogen and oxygen atoms in total. The van der Waals surface area contributed by atoms with Crippen LogP contribution >= 0.6 is 0 Å². The molecule has 0 aliphatic rings. The summed E-state index contributed by atoms with van der Waals surface area (Å²) >= 11 is 0. The van der Waals surface area contributed by atoms with E-state index in [0.717, 1.165) is 22.9 Å². The molecule has 0 saturated carbocycles. The largest absolute Gasteiger partial charge is 0.433 e. The number of rotatable bonds is 4. The number of nitrogens with zero attached hydrogens (tertiary/aromatic N) is 5. The second kappa shape index (κ2) is 7.77. The second-order valence-corrected chi connectivity index (χ2v) is 7.71. The summed E-state index contributed by atoms with van der Waals surface area (Å²) in [5, 5.41) is 10.8. The Morgan fingerprint density at radius 1 is 1.03 bits per heavy atom. The number of alkyl halides is 3. The maximum Gasteiger partial charge on any atom is 0.433 e. The Morgan fingerprint density at radius 3 is 2.41 bits per heavy atom. The molecule has 0 fully saturated rings. The minimum absolute atomic E-state index is 0.0631. The van der Waals surface area contributed by atoms with Crippen molar-refractivity contribution in [1.29, 1.82) is 0 Å². The first kappa shape index (κ1) is 21.5. The summed E-state index contributed by atoms with van der Waals surface area (Å²) in [4.78, 5) is 16.9. The van der Waals surface area contributed by atoms with Crippen LogP contribution in [0.3, 0.4) is 0 Å². The van der Waals surface area contributed by atoms with Crippen molar-refractivity contribution >= 4 is 11.6 Å². The van der Waals surface area contributed by atoms with Gasteiger partial charge in [-0.25, -0.2) is 9.50 Å².